The first-order valence-electron chi connectivity index (χ1n) is 8.23. The van der Waals surface area contributed by atoms with Crippen LogP contribution in [0.4, 0.5) is 4.39 Å². The van der Waals surface area contributed by atoms with E-state index in [0.717, 1.165) is 51.0 Å². The number of nitrogens with zero attached hydrogens (tertiary/aromatic N) is 1. The van der Waals surface area contributed by atoms with E-state index in [9.17, 15) is 4.39 Å². The van der Waals surface area contributed by atoms with Gasteiger partial charge in [-0.1, -0.05) is 31.4 Å². The Morgan fingerprint density at radius 3 is 2.64 bits per heavy atom. The summed E-state index contributed by atoms with van der Waals surface area (Å²) in [7, 11) is 0. The Kier molecular flexibility index (Phi) is 6.93. The molecule has 1 N–H and O–H groups in total. The van der Waals surface area contributed by atoms with Crippen LogP contribution in [-0.4, -0.2) is 37.7 Å². The van der Waals surface area contributed by atoms with Gasteiger partial charge in [-0.2, -0.15) is 0 Å². The van der Waals surface area contributed by atoms with Gasteiger partial charge in [-0.15, -0.1) is 0 Å². The lowest BCUT2D eigenvalue weighted by Crippen LogP contribution is -2.45. The number of benzene rings is 1. The molecule has 1 fully saturated rings. The molecular formula is C17H26ClFN2O. The molecule has 0 radical (unpaired) electrons. The lowest BCUT2D eigenvalue weighted by Gasteiger charge is -2.35. The third-order valence-corrected chi connectivity index (χ3v) is 4.40. The summed E-state index contributed by atoms with van der Waals surface area (Å²) in [5, 5.41) is 3.73. The first kappa shape index (κ1) is 17.5. The second-order valence-corrected chi connectivity index (χ2v) is 6.10. The lowest BCUT2D eigenvalue weighted by molar-refractivity contribution is 0.163. The topological polar surface area (TPSA) is 24.5 Å². The van der Waals surface area contributed by atoms with Crippen molar-refractivity contribution in [2.24, 2.45) is 0 Å². The molecule has 0 bridgehead atoms. The first-order valence-corrected chi connectivity index (χ1v) is 8.61. The Balaban J connectivity index is 2.25. The molecule has 0 saturated carbocycles. The van der Waals surface area contributed by atoms with E-state index in [1.165, 1.54) is 0 Å². The van der Waals surface area contributed by atoms with Crippen LogP contribution in [0, 0.1) is 5.82 Å². The minimum absolute atomic E-state index is 0.169. The number of hydrogen-bond acceptors (Lipinski definition) is 3. The van der Waals surface area contributed by atoms with Gasteiger partial charge >= 0.3 is 0 Å². The highest BCUT2D eigenvalue weighted by Crippen LogP contribution is 2.35. The van der Waals surface area contributed by atoms with Gasteiger partial charge in [-0.25, -0.2) is 4.39 Å². The van der Waals surface area contributed by atoms with Crippen LogP contribution in [0.25, 0.3) is 0 Å². The average Bonchev–Trinajstić information content (AvgIpc) is 2.52. The summed E-state index contributed by atoms with van der Waals surface area (Å²) in [5.41, 5.74) is 0.960. The summed E-state index contributed by atoms with van der Waals surface area (Å²) < 4.78 is 19.6. The van der Waals surface area contributed by atoms with Crippen LogP contribution in [0.15, 0.2) is 12.1 Å². The largest absolute Gasteiger partial charge is 0.489 e. The molecule has 0 aromatic heterocycles. The van der Waals surface area contributed by atoms with Gasteiger partial charge in [0.25, 0.3) is 0 Å². The van der Waals surface area contributed by atoms with E-state index in [2.05, 4.69) is 17.1 Å². The van der Waals surface area contributed by atoms with E-state index in [0.29, 0.717) is 11.6 Å². The van der Waals surface area contributed by atoms with Crippen molar-refractivity contribution in [2.75, 3.05) is 32.8 Å². The average molecular weight is 329 g/mol. The summed E-state index contributed by atoms with van der Waals surface area (Å²) in [6.07, 6.45) is 3.29. The maximum absolute atomic E-state index is 14.3. The number of piperazine rings is 1. The molecule has 0 amide bonds. The van der Waals surface area contributed by atoms with Gasteiger partial charge < -0.3 is 10.1 Å². The Morgan fingerprint density at radius 1 is 1.32 bits per heavy atom. The van der Waals surface area contributed by atoms with Crippen LogP contribution >= 0.6 is 11.6 Å². The molecule has 1 aromatic carbocycles. The molecule has 1 aliphatic rings. The minimum Gasteiger partial charge on any atom is -0.489 e. The second kappa shape index (κ2) is 8.70. The normalized spacial score (nSPS) is 17.5. The molecule has 0 spiro atoms. The van der Waals surface area contributed by atoms with E-state index < -0.39 is 0 Å². The fourth-order valence-corrected chi connectivity index (χ4v) is 3.28. The Morgan fingerprint density at radius 2 is 2.05 bits per heavy atom. The maximum Gasteiger partial charge on any atom is 0.173 e. The fourth-order valence-electron chi connectivity index (χ4n) is 3.01. The van der Waals surface area contributed by atoms with E-state index in [-0.39, 0.29) is 17.6 Å². The maximum atomic E-state index is 14.3. The van der Waals surface area contributed by atoms with Crippen LogP contribution in [-0.2, 0) is 0 Å². The monoisotopic (exact) mass is 328 g/mol. The number of halogens is 2. The first-order chi connectivity index (χ1) is 10.7. The van der Waals surface area contributed by atoms with Crippen molar-refractivity contribution in [1.29, 1.82) is 0 Å². The van der Waals surface area contributed by atoms with Crippen LogP contribution in [0.3, 0.4) is 0 Å². The SMILES string of the molecule is CCCC[C@H](c1cc(F)c(OCC)c(Cl)c1)N1CCNCC1. The zero-order valence-electron chi connectivity index (χ0n) is 13.5. The van der Waals surface area contributed by atoms with Crippen molar-refractivity contribution in [3.05, 3.63) is 28.5 Å². The smallest absolute Gasteiger partial charge is 0.173 e. The molecule has 0 aliphatic carbocycles. The van der Waals surface area contributed by atoms with Gasteiger partial charge in [0.1, 0.15) is 0 Å². The molecule has 0 unspecified atom stereocenters. The number of nitrogens with one attached hydrogen (secondary N) is 1. The van der Waals surface area contributed by atoms with Crippen molar-refractivity contribution in [3.8, 4) is 5.75 Å². The fraction of sp³-hybridized carbons (Fsp3) is 0.647. The highest BCUT2D eigenvalue weighted by Gasteiger charge is 2.24. The summed E-state index contributed by atoms with van der Waals surface area (Å²) >= 11 is 6.23. The molecule has 1 heterocycles. The quantitative estimate of drug-likeness (QED) is 0.818. The van der Waals surface area contributed by atoms with Crippen molar-refractivity contribution in [1.82, 2.24) is 10.2 Å². The molecule has 1 aromatic rings. The van der Waals surface area contributed by atoms with Crippen LogP contribution in [0.2, 0.25) is 5.02 Å². The number of ether oxygens (including phenoxy) is 1. The molecule has 1 saturated heterocycles. The van der Waals surface area contributed by atoms with Crippen LogP contribution < -0.4 is 10.1 Å². The molecule has 5 heteroatoms. The molecule has 1 aliphatic heterocycles. The van der Waals surface area contributed by atoms with Gasteiger partial charge in [-0.3, -0.25) is 4.90 Å². The molecule has 3 nitrogen and oxygen atoms in total. The van der Waals surface area contributed by atoms with Crippen molar-refractivity contribution in [2.45, 2.75) is 39.2 Å². The zero-order chi connectivity index (χ0) is 15.9. The van der Waals surface area contributed by atoms with E-state index >= 15 is 0 Å². The highest BCUT2D eigenvalue weighted by molar-refractivity contribution is 6.32. The predicted octanol–water partition coefficient (Wildman–Crippen LogP) is 4.01. The molecule has 2 rings (SSSR count). The Hall–Kier alpha value is -0.840. The molecule has 124 valence electrons. The van der Waals surface area contributed by atoms with Crippen LogP contribution in [0.1, 0.15) is 44.7 Å². The summed E-state index contributed by atoms with van der Waals surface area (Å²) in [6.45, 7) is 8.36. The van der Waals surface area contributed by atoms with E-state index in [1.54, 1.807) is 6.07 Å². The van der Waals surface area contributed by atoms with Gasteiger partial charge in [0, 0.05) is 32.2 Å². The molecule has 1 atom stereocenters. The lowest BCUT2D eigenvalue weighted by atomic mass is 9.98. The number of unbranched alkanes of at least 4 members (excludes halogenated alkanes) is 1. The zero-order valence-corrected chi connectivity index (χ0v) is 14.3. The second-order valence-electron chi connectivity index (χ2n) is 5.69. The van der Waals surface area contributed by atoms with Gasteiger partial charge in [-0.05, 0) is 31.0 Å². The minimum atomic E-state index is -0.360. The summed E-state index contributed by atoms with van der Waals surface area (Å²) in [5.74, 6) is -0.191. The van der Waals surface area contributed by atoms with Crippen molar-refractivity contribution >= 4 is 11.6 Å². The third-order valence-electron chi connectivity index (χ3n) is 4.12. The van der Waals surface area contributed by atoms with Crippen molar-refractivity contribution < 1.29 is 9.13 Å². The standard InChI is InChI=1S/C17H26ClFN2O/c1-3-5-6-16(21-9-7-20-8-10-21)13-11-14(18)17(22-4-2)15(19)12-13/h11-12,16,20H,3-10H2,1-2H3/t16-/m1/s1. The van der Waals surface area contributed by atoms with Gasteiger partial charge in [0.2, 0.25) is 0 Å². The van der Waals surface area contributed by atoms with Crippen molar-refractivity contribution in [3.63, 3.8) is 0 Å². The summed E-state index contributed by atoms with van der Waals surface area (Å²) in [6, 6.07) is 3.70. The number of hydrogen-bond donors (Lipinski definition) is 1. The molecular weight excluding hydrogens is 303 g/mol. The van der Waals surface area contributed by atoms with E-state index in [1.807, 2.05) is 13.0 Å². The number of rotatable bonds is 7. The molecule has 22 heavy (non-hydrogen) atoms. The van der Waals surface area contributed by atoms with Gasteiger partial charge in [0.05, 0.1) is 11.6 Å². The van der Waals surface area contributed by atoms with E-state index in [4.69, 9.17) is 16.3 Å². The third kappa shape index (κ3) is 4.34. The van der Waals surface area contributed by atoms with Crippen LogP contribution in [0.5, 0.6) is 5.75 Å². The highest BCUT2D eigenvalue weighted by atomic mass is 35.5. The summed E-state index contributed by atoms with van der Waals surface area (Å²) in [4.78, 5) is 2.43. The Bertz CT molecular complexity index is 455. The Labute approximate surface area is 137 Å². The predicted molar refractivity (Wildman–Crippen MR) is 89.3 cm³/mol. The van der Waals surface area contributed by atoms with Gasteiger partial charge in [0.15, 0.2) is 11.6 Å².